The molecule has 1 saturated heterocycles. The van der Waals surface area contributed by atoms with Gasteiger partial charge in [-0.15, -0.1) is 0 Å². The molecule has 1 fully saturated rings. The van der Waals surface area contributed by atoms with E-state index in [1.807, 2.05) is 58.0 Å². The normalized spacial score (nSPS) is 18.1. The van der Waals surface area contributed by atoms with Gasteiger partial charge in [0.05, 0.1) is 17.4 Å². The molecule has 0 aliphatic carbocycles. The quantitative estimate of drug-likeness (QED) is 0.398. The van der Waals surface area contributed by atoms with Crippen molar-refractivity contribution < 1.29 is 23.5 Å². The van der Waals surface area contributed by atoms with Gasteiger partial charge >= 0.3 is 12.2 Å². The number of carbonyl (C=O) groups excluding carboxylic acids is 2. The summed E-state index contributed by atoms with van der Waals surface area (Å²) in [5.41, 5.74) is 9.74. The molecule has 42 heavy (non-hydrogen) atoms. The lowest BCUT2D eigenvalue weighted by Crippen LogP contribution is -2.55. The van der Waals surface area contributed by atoms with E-state index in [0.29, 0.717) is 55.1 Å². The number of hydrogen-bond acceptors (Lipinski definition) is 6. The van der Waals surface area contributed by atoms with Crippen molar-refractivity contribution in [3.05, 3.63) is 76.2 Å². The number of hydrogen-bond donors (Lipinski definition) is 1. The largest absolute Gasteiger partial charge is 0.445 e. The molecule has 2 aliphatic rings. The number of anilines is 1. The van der Waals surface area contributed by atoms with Gasteiger partial charge in [-0.2, -0.15) is 5.10 Å². The molecular formula is C32H40FN5O4. The first-order valence-electron chi connectivity index (χ1n) is 14.4. The molecule has 2 aromatic carbocycles. The Balaban J connectivity index is 1.51. The molecule has 1 atom stereocenters. The fourth-order valence-corrected chi connectivity index (χ4v) is 6.05. The van der Waals surface area contributed by atoms with Crippen molar-refractivity contribution in [2.75, 3.05) is 25.4 Å². The summed E-state index contributed by atoms with van der Waals surface area (Å²) >= 11 is 0. The fourth-order valence-electron chi connectivity index (χ4n) is 6.05. The number of ether oxygens (including phenoxy) is 2. The monoisotopic (exact) mass is 577 g/mol. The minimum Gasteiger partial charge on any atom is -0.445 e. The number of amides is 2. The Morgan fingerprint density at radius 2 is 1.69 bits per heavy atom. The molecule has 0 radical (unpaired) electrons. The molecule has 5 rings (SSSR count). The third-order valence-electron chi connectivity index (χ3n) is 8.30. The Labute approximate surface area is 246 Å². The van der Waals surface area contributed by atoms with Crippen molar-refractivity contribution in [1.82, 2.24) is 19.6 Å². The maximum absolute atomic E-state index is 14.5. The first kappa shape index (κ1) is 29.4. The molecule has 0 saturated carbocycles. The number of halogens is 1. The lowest BCUT2D eigenvalue weighted by Gasteiger charge is -2.48. The predicted molar refractivity (Wildman–Crippen MR) is 158 cm³/mol. The molecule has 10 heteroatoms. The van der Waals surface area contributed by atoms with E-state index in [4.69, 9.17) is 20.3 Å². The molecule has 0 bridgehead atoms. The number of benzene rings is 2. The van der Waals surface area contributed by atoms with Gasteiger partial charge in [-0.1, -0.05) is 30.3 Å². The summed E-state index contributed by atoms with van der Waals surface area (Å²) in [6.07, 6.45) is 0.327. The lowest BCUT2D eigenvalue weighted by molar-refractivity contribution is 0.00897. The van der Waals surface area contributed by atoms with E-state index in [1.165, 1.54) is 0 Å². The van der Waals surface area contributed by atoms with Crippen LogP contribution in [0.1, 0.15) is 74.5 Å². The third kappa shape index (κ3) is 5.54. The zero-order chi connectivity index (χ0) is 30.4. The van der Waals surface area contributed by atoms with Gasteiger partial charge in [-0.25, -0.2) is 18.7 Å². The van der Waals surface area contributed by atoms with Gasteiger partial charge in [0.2, 0.25) is 0 Å². The van der Waals surface area contributed by atoms with Crippen LogP contribution in [-0.2, 0) is 21.5 Å². The van der Waals surface area contributed by atoms with Crippen molar-refractivity contribution in [3.8, 4) is 5.69 Å². The summed E-state index contributed by atoms with van der Waals surface area (Å²) in [5, 5.41) is 5.03. The molecule has 224 valence electrons. The van der Waals surface area contributed by atoms with Crippen LogP contribution in [0.2, 0.25) is 0 Å². The van der Waals surface area contributed by atoms with E-state index in [-0.39, 0.29) is 18.5 Å². The minimum absolute atomic E-state index is 0.151. The zero-order valence-corrected chi connectivity index (χ0v) is 25.2. The van der Waals surface area contributed by atoms with Crippen molar-refractivity contribution in [1.29, 1.82) is 0 Å². The number of likely N-dealkylation sites (tertiary alicyclic amines) is 1. The summed E-state index contributed by atoms with van der Waals surface area (Å²) in [5.74, 6) is 0.137. The number of rotatable bonds is 3. The Hall–Kier alpha value is -4.08. The van der Waals surface area contributed by atoms with E-state index in [2.05, 4.69) is 0 Å². The van der Waals surface area contributed by atoms with Crippen LogP contribution in [0.25, 0.3) is 5.69 Å². The maximum Gasteiger partial charge on any atom is 0.410 e. The Morgan fingerprint density at radius 3 is 2.29 bits per heavy atom. The first-order valence-corrected chi connectivity index (χ1v) is 14.4. The summed E-state index contributed by atoms with van der Waals surface area (Å²) in [7, 11) is 0. The van der Waals surface area contributed by atoms with Gasteiger partial charge in [0.1, 0.15) is 23.8 Å². The van der Waals surface area contributed by atoms with E-state index < -0.39 is 23.2 Å². The number of aryl methyl sites for hydroxylation is 2. The molecule has 3 aromatic rings. The summed E-state index contributed by atoms with van der Waals surface area (Å²) in [4.78, 5) is 29.9. The van der Waals surface area contributed by atoms with Crippen molar-refractivity contribution >= 4 is 18.0 Å². The number of piperidine rings is 1. The van der Waals surface area contributed by atoms with Crippen molar-refractivity contribution in [2.45, 2.75) is 78.0 Å². The highest BCUT2D eigenvalue weighted by Gasteiger charge is 2.50. The topological polar surface area (TPSA) is 103 Å². The highest BCUT2D eigenvalue weighted by Crippen LogP contribution is 2.48. The van der Waals surface area contributed by atoms with Gasteiger partial charge in [-0.3, -0.25) is 0 Å². The van der Waals surface area contributed by atoms with Crippen molar-refractivity contribution in [2.24, 2.45) is 0 Å². The van der Waals surface area contributed by atoms with Crippen LogP contribution in [-0.4, -0.2) is 57.0 Å². The van der Waals surface area contributed by atoms with Crippen LogP contribution in [0.4, 0.5) is 19.8 Å². The second-order valence-corrected chi connectivity index (χ2v) is 12.5. The molecule has 2 aliphatic heterocycles. The van der Waals surface area contributed by atoms with Gasteiger partial charge in [0.15, 0.2) is 0 Å². The molecule has 1 aromatic heterocycles. The summed E-state index contributed by atoms with van der Waals surface area (Å²) < 4.78 is 27.5. The van der Waals surface area contributed by atoms with Gasteiger partial charge < -0.3 is 25.0 Å². The molecular weight excluding hydrogens is 537 g/mol. The van der Waals surface area contributed by atoms with Crippen LogP contribution in [0.5, 0.6) is 0 Å². The number of nitrogen functional groups attached to an aromatic ring is 1. The van der Waals surface area contributed by atoms with Gasteiger partial charge in [0, 0.05) is 30.6 Å². The average Bonchev–Trinajstić information content (AvgIpc) is 3.30. The number of aromatic nitrogens is 2. The molecule has 2 amide bonds. The SMILES string of the molecule is Cc1cc(-n2nc3c(c2N)[C@H](C)N(C(=O)OCc2ccccc2)CC32CCN(C(=O)OC(C)(C)C)CC2)cc(C)c1F. The van der Waals surface area contributed by atoms with E-state index >= 15 is 0 Å². The molecule has 2 N–H and O–H groups in total. The first-order chi connectivity index (χ1) is 19.8. The van der Waals surface area contributed by atoms with Crippen LogP contribution in [0.3, 0.4) is 0 Å². The standard InChI is InChI=1S/C32H40FN5O4/c1-20-16-24(17-21(2)26(20)33)38-28(34)25-22(3)37(30(40)41-18-23-10-8-7-9-11-23)19-32(27(25)35-38)12-14-36(15-13-32)29(39)42-31(4,5)6/h7-11,16-17,22H,12-15,18-19,34H2,1-6H3/t22-/m0/s1. The highest BCUT2D eigenvalue weighted by atomic mass is 19.1. The smallest absolute Gasteiger partial charge is 0.410 e. The molecule has 3 heterocycles. The van der Waals surface area contributed by atoms with Crippen molar-refractivity contribution in [3.63, 3.8) is 0 Å². The zero-order valence-electron chi connectivity index (χ0n) is 25.2. The second kappa shape index (κ2) is 11.0. The molecule has 1 spiro atoms. The minimum atomic E-state index is -0.600. The number of nitrogens with zero attached hydrogens (tertiary/aromatic N) is 4. The van der Waals surface area contributed by atoms with E-state index in [1.54, 1.807) is 40.5 Å². The van der Waals surface area contributed by atoms with Crippen LogP contribution >= 0.6 is 0 Å². The predicted octanol–water partition coefficient (Wildman–Crippen LogP) is 6.19. The van der Waals surface area contributed by atoms with E-state index in [9.17, 15) is 14.0 Å². The fraction of sp³-hybridized carbons (Fsp3) is 0.469. The number of nitrogens with two attached hydrogens (primary N) is 1. The summed E-state index contributed by atoms with van der Waals surface area (Å²) in [6.45, 7) is 12.3. The van der Waals surface area contributed by atoms with E-state index in [0.717, 1.165) is 16.8 Å². The molecule has 9 nitrogen and oxygen atoms in total. The lowest BCUT2D eigenvalue weighted by atomic mass is 9.70. The number of fused-ring (bicyclic) bond motifs is 2. The second-order valence-electron chi connectivity index (χ2n) is 12.5. The van der Waals surface area contributed by atoms with Crippen LogP contribution < -0.4 is 5.73 Å². The Kier molecular flexibility index (Phi) is 7.68. The number of carbonyl (C=O) groups is 2. The van der Waals surface area contributed by atoms with Gasteiger partial charge in [0.25, 0.3) is 0 Å². The average molecular weight is 578 g/mol. The third-order valence-corrected chi connectivity index (χ3v) is 8.30. The Morgan fingerprint density at radius 1 is 1.07 bits per heavy atom. The Bertz CT molecular complexity index is 1470. The van der Waals surface area contributed by atoms with Crippen LogP contribution in [0.15, 0.2) is 42.5 Å². The molecule has 0 unspecified atom stereocenters. The maximum atomic E-state index is 14.5. The highest BCUT2D eigenvalue weighted by molar-refractivity contribution is 5.71. The summed E-state index contributed by atoms with van der Waals surface area (Å²) in [6, 6.07) is 12.6. The van der Waals surface area contributed by atoms with Crippen LogP contribution in [0, 0.1) is 19.7 Å². The van der Waals surface area contributed by atoms with Gasteiger partial charge in [-0.05, 0) is 83.2 Å².